The molecule has 2 nitrogen and oxygen atoms in total. The molecule has 12 heavy (non-hydrogen) atoms. The van der Waals surface area contributed by atoms with E-state index in [1.807, 2.05) is 13.0 Å². The van der Waals surface area contributed by atoms with E-state index in [4.69, 9.17) is 5.26 Å². The number of thioether (sulfide) groups is 1. The van der Waals surface area contributed by atoms with Gasteiger partial charge in [0.25, 0.3) is 0 Å². The first-order valence-electron chi connectivity index (χ1n) is 3.46. The molecule has 0 unspecified atom stereocenters. The zero-order chi connectivity index (χ0) is 8.97. The van der Waals surface area contributed by atoms with Crippen LogP contribution in [0.25, 0.3) is 0 Å². The Morgan fingerprint density at radius 2 is 2.50 bits per heavy atom. The zero-order valence-electron chi connectivity index (χ0n) is 6.54. The lowest BCUT2D eigenvalue weighted by Crippen LogP contribution is -1.86. The highest BCUT2D eigenvalue weighted by atomic mass is 79.9. The van der Waals surface area contributed by atoms with Gasteiger partial charge in [0.1, 0.15) is 6.07 Å². The van der Waals surface area contributed by atoms with Gasteiger partial charge in [0.15, 0.2) is 5.69 Å². The fraction of sp³-hybridized carbons (Fsp3) is 0.250. The van der Waals surface area contributed by atoms with Crippen molar-refractivity contribution in [2.24, 2.45) is 0 Å². The van der Waals surface area contributed by atoms with Gasteiger partial charge in [0, 0.05) is 15.6 Å². The molecule has 0 saturated heterocycles. The summed E-state index contributed by atoms with van der Waals surface area (Å²) < 4.78 is 0.914. The van der Waals surface area contributed by atoms with Crippen LogP contribution < -0.4 is 0 Å². The molecule has 0 saturated carbocycles. The van der Waals surface area contributed by atoms with Crippen molar-refractivity contribution in [1.82, 2.24) is 4.98 Å². The van der Waals surface area contributed by atoms with E-state index >= 15 is 0 Å². The standard InChI is InChI=1S/C8H7BrN2S/c1-2-12-8-3-6(9)5-11-7(8)4-10/h3,5H,2H2,1H3. The van der Waals surface area contributed by atoms with Crippen LogP contribution in [0.5, 0.6) is 0 Å². The van der Waals surface area contributed by atoms with Crippen LogP contribution >= 0.6 is 27.7 Å². The lowest BCUT2D eigenvalue weighted by molar-refractivity contribution is 1.16. The molecule has 1 heterocycles. The van der Waals surface area contributed by atoms with E-state index in [1.54, 1.807) is 18.0 Å². The van der Waals surface area contributed by atoms with Crippen LogP contribution in [-0.4, -0.2) is 10.7 Å². The molecule has 0 aromatic carbocycles. The molecule has 0 N–H and O–H groups in total. The summed E-state index contributed by atoms with van der Waals surface area (Å²) in [6.45, 7) is 2.05. The Bertz CT molecular complexity index is 319. The molecule has 62 valence electrons. The Morgan fingerprint density at radius 3 is 3.08 bits per heavy atom. The van der Waals surface area contributed by atoms with Crippen molar-refractivity contribution < 1.29 is 0 Å². The monoisotopic (exact) mass is 242 g/mol. The third-order valence-electron chi connectivity index (χ3n) is 1.23. The molecule has 0 bridgehead atoms. The van der Waals surface area contributed by atoms with Crippen molar-refractivity contribution in [3.05, 3.63) is 22.4 Å². The first-order valence-corrected chi connectivity index (χ1v) is 5.24. The molecular formula is C8H7BrN2S. The van der Waals surface area contributed by atoms with Crippen LogP contribution in [0.3, 0.4) is 0 Å². The van der Waals surface area contributed by atoms with E-state index in [0.29, 0.717) is 5.69 Å². The number of pyridine rings is 1. The quantitative estimate of drug-likeness (QED) is 0.749. The molecule has 0 spiro atoms. The molecule has 1 aromatic heterocycles. The Balaban J connectivity index is 3.06. The minimum absolute atomic E-state index is 0.505. The summed E-state index contributed by atoms with van der Waals surface area (Å²) in [4.78, 5) is 4.93. The summed E-state index contributed by atoms with van der Waals surface area (Å²) in [5.41, 5.74) is 0.505. The number of nitrogens with zero attached hydrogens (tertiary/aromatic N) is 2. The summed E-state index contributed by atoms with van der Waals surface area (Å²) in [7, 11) is 0. The van der Waals surface area contributed by atoms with E-state index in [2.05, 4.69) is 27.0 Å². The van der Waals surface area contributed by atoms with Crippen molar-refractivity contribution in [1.29, 1.82) is 5.26 Å². The highest BCUT2D eigenvalue weighted by Gasteiger charge is 2.02. The normalized spacial score (nSPS) is 9.42. The van der Waals surface area contributed by atoms with Crippen LogP contribution in [0.4, 0.5) is 0 Å². The molecular weight excluding hydrogens is 236 g/mol. The second-order valence-electron chi connectivity index (χ2n) is 2.05. The van der Waals surface area contributed by atoms with Crippen LogP contribution in [0.1, 0.15) is 12.6 Å². The van der Waals surface area contributed by atoms with Gasteiger partial charge in [-0.1, -0.05) is 6.92 Å². The van der Waals surface area contributed by atoms with Gasteiger partial charge in [-0.05, 0) is 27.7 Å². The molecule has 4 heteroatoms. The number of rotatable bonds is 2. The Hall–Kier alpha value is -0.530. The van der Waals surface area contributed by atoms with Crippen molar-refractivity contribution in [3.8, 4) is 6.07 Å². The van der Waals surface area contributed by atoms with Crippen molar-refractivity contribution in [2.75, 3.05) is 5.75 Å². The minimum atomic E-state index is 0.505. The van der Waals surface area contributed by atoms with Gasteiger partial charge in [0.05, 0.1) is 0 Å². The van der Waals surface area contributed by atoms with Gasteiger partial charge in [-0.3, -0.25) is 0 Å². The molecule has 1 rings (SSSR count). The average molecular weight is 243 g/mol. The van der Waals surface area contributed by atoms with Crippen molar-refractivity contribution in [3.63, 3.8) is 0 Å². The van der Waals surface area contributed by atoms with E-state index in [1.165, 1.54) is 0 Å². The Kier molecular flexibility index (Phi) is 3.57. The van der Waals surface area contributed by atoms with E-state index in [9.17, 15) is 0 Å². The van der Waals surface area contributed by atoms with Crippen LogP contribution in [0, 0.1) is 11.3 Å². The second-order valence-corrected chi connectivity index (χ2v) is 4.27. The molecule has 0 aliphatic heterocycles. The maximum absolute atomic E-state index is 8.69. The highest BCUT2D eigenvalue weighted by molar-refractivity contribution is 9.10. The number of nitriles is 1. The fourth-order valence-corrected chi connectivity index (χ4v) is 2.01. The first kappa shape index (κ1) is 9.56. The molecule has 0 atom stereocenters. The van der Waals surface area contributed by atoms with Crippen LogP contribution in [-0.2, 0) is 0 Å². The summed E-state index contributed by atoms with van der Waals surface area (Å²) in [6.07, 6.45) is 1.64. The summed E-state index contributed by atoms with van der Waals surface area (Å²) in [5, 5.41) is 8.69. The van der Waals surface area contributed by atoms with Gasteiger partial charge in [-0.15, -0.1) is 11.8 Å². The van der Waals surface area contributed by atoms with Gasteiger partial charge < -0.3 is 0 Å². The van der Waals surface area contributed by atoms with Gasteiger partial charge >= 0.3 is 0 Å². The Labute approximate surface area is 84.1 Å². The second kappa shape index (κ2) is 4.48. The highest BCUT2D eigenvalue weighted by Crippen LogP contribution is 2.23. The topological polar surface area (TPSA) is 36.7 Å². The van der Waals surface area contributed by atoms with Crippen molar-refractivity contribution >= 4 is 27.7 Å². The molecule has 0 aliphatic carbocycles. The lowest BCUT2D eigenvalue weighted by atomic mass is 10.4. The number of halogens is 1. The van der Waals surface area contributed by atoms with E-state index < -0.39 is 0 Å². The fourth-order valence-electron chi connectivity index (χ4n) is 0.770. The Morgan fingerprint density at radius 1 is 1.75 bits per heavy atom. The zero-order valence-corrected chi connectivity index (χ0v) is 8.94. The summed E-state index contributed by atoms with van der Waals surface area (Å²) >= 11 is 4.94. The van der Waals surface area contributed by atoms with Crippen LogP contribution in [0.15, 0.2) is 21.6 Å². The molecule has 1 aromatic rings. The van der Waals surface area contributed by atoms with Gasteiger partial charge in [-0.25, -0.2) is 4.98 Å². The summed E-state index contributed by atoms with van der Waals surface area (Å²) in [6, 6.07) is 3.97. The minimum Gasteiger partial charge on any atom is -0.243 e. The SMILES string of the molecule is CCSc1cc(Br)cnc1C#N. The third kappa shape index (κ3) is 2.23. The van der Waals surface area contributed by atoms with E-state index in [-0.39, 0.29) is 0 Å². The largest absolute Gasteiger partial charge is 0.243 e. The van der Waals surface area contributed by atoms with Gasteiger partial charge in [0.2, 0.25) is 0 Å². The van der Waals surface area contributed by atoms with Crippen molar-refractivity contribution in [2.45, 2.75) is 11.8 Å². The molecule has 0 aliphatic rings. The predicted molar refractivity (Wildman–Crippen MR) is 53.1 cm³/mol. The third-order valence-corrected chi connectivity index (χ3v) is 2.57. The van der Waals surface area contributed by atoms with E-state index in [0.717, 1.165) is 15.1 Å². The van der Waals surface area contributed by atoms with Crippen LogP contribution in [0.2, 0.25) is 0 Å². The number of aromatic nitrogens is 1. The lowest BCUT2D eigenvalue weighted by Gasteiger charge is -2.00. The predicted octanol–water partition coefficient (Wildman–Crippen LogP) is 2.83. The number of hydrogen-bond donors (Lipinski definition) is 0. The van der Waals surface area contributed by atoms with Gasteiger partial charge in [-0.2, -0.15) is 5.26 Å². The smallest absolute Gasteiger partial charge is 0.154 e. The molecule has 0 fully saturated rings. The molecule has 0 amide bonds. The maximum Gasteiger partial charge on any atom is 0.154 e. The average Bonchev–Trinajstić information content (AvgIpc) is 2.05. The maximum atomic E-state index is 8.69. The number of hydrogen-bond acceptors (Lipinski definition) is 3. The summed E-state index contributed by atoms with van der Waals surface area (Å²) in [5.74, 6) is 0.951. The first-order chi connectivity index (χ1) is 5.77. The molecule has 0 radical (unpaired) electrons.